The van der Waals surface area contributed by atoms with E-state index in [4.69, 9.17) is 4.42 Å². The summed E-state index contributed by atoms with van der Waals surface area (Å²) < 4.78 is 18.6. The van der Waals surface area contributed by atoms with Crippen molar-refractivity contribution in [1.29, 1.82) is 0 Å². The minimum atomic E-state index is -0.504. The lowest BCUT2D eigenvalue weighted by Crippen LogP contribution is -2.12. The highest BCUT2D eigenvalue weighted by atomic mass is 19.1. The van der Waals surface area contributed by atoms with Crippen molar-refractivity contribution in [3.8, 4) is 0 Å². The number of benzene rings is 2. The molecule has 3 rings (SSSR count). The lowest BCUT2D eigenvalue weighted by molar-refractivity contribution is 0.102. The van der Waals surface area contributed by atoms with Gasteiger partial charge in [-0.15, -0.1) is 5.10 Å². The SMILES string of the molecule is CC(C)c1ccc(Cc2nnc(NC(=O)c3cccc(F)c3)o2)cc1. The molecule has 1 N–H and O–H groups in total. The van der Waals surface area contributed by atoms with E-state index in [2.05, 4.69) is 41.5 Å². The topological polar surface area (TPSA) is 68.0 Å². The minimum Gasteiger partial charge on any atom is -0.407 e. The highest BCUT2D eigenvalue weighted by Gasteiger charge is 2.12. The van der Waals surface area contributed by atoms with Crippen molar-refractivity contribution in [1.82, 2.24) is 10.2 Å². The Kier molecular flexibility index (Phi) is 4.88. The van der Waals surface area contributed by atoms with Gasteiger partial charge in [0.15, 0.2) is 0 Å². The third kappa shape index (κ3) is 4.29. The fraction of sp³-hybridized carbons (Fsp3) is 0.211. The summed E-state index contributed by atoms with van der Waals surface area (Å²) >= 11 is 0. The van der Waals surface area contributed by atoms with Crippen LogP contribution in [-0.4, -0.2) is 16.1 Å². The van der Waals surface area contributed by atoms with Crippen LogP contribution in [0.1, 0.15) is 47.1 Å². The van der Waals surface area contributed by atoms with Crippen molar-refractivity contribution in [2.75, 3.05) is 5.32 Å². The Morgan fingerprint density at radius 1 is 1.16 bits per heavy atom. The highest BCUT2D eigenvalue weighted by molar-refractivity contribution is 6.03. The Morgan fingerprint density at radius 3 is 2.60 bits per heavy atom. The van der Waals surface area contributed by atoms with Gasteiger partial charge in [-0.3, -0.25) is 10.1 Å². The molecule has 0 spiro atoms. The molecule has 0 saturated heterocycles. The van der Waals surface area contributed by atoms with Gasteiger partial charge in [0.2, 0.25) is 5.89 Å². The van der Waals surface area contributed by atoms with Crippen LogP contribution in [0.5, 0.6) is 0 Å². The molecule has 0 unspecified atom stereocenters. The molecule has 0 bridgehead atoms. The monoisotopic (exact) mass is 339 g/mol. The first-order valence-corrected chi connectivity index (χ1v) is 7.99. The zero-order chi connectivity index (χ0) is 17.8. The standard InChI is InChI=1S/C19H18FN3O2/c1-12(2)14-8-6-13(7-9-14)10-17-22-23-19(25-17)21-18(24)15-4-3-5-16(20)11-15/h3-9,11-12H,10H2,1-2H3,(H,21,23,24). The molecule has 2 aromatic carbocycles. The largest absolute Gasteiger partial charge is 0.407 e. The van der Waals surface area contributed by atoms with Crippen LogP contribution in [0, 0.1) is 5.82 Å². The summed E-state index contributed by atoms with van der Waals surface area (Å²) in [5.41, 5.74) is 2.48. The van der Waals surface area contributed by atoms with E-state index < -0.39 is 11.7 Å². The molecule has 1 amide bonds. The van der Waals surface area contributed by atoms with E-state index in [1.165, 1.54) is 23.8 Å². The molecule has 0 aliphatic carbocycles. The van der Waals surface area contributed by atoms with Gasteiger partial charge >= 0.3 is 6.01 Å². The molecule has 5 nitrogen and oxygen atoms in total. The third-order valence-electron chi connectivity index (χ3n) is 3.78. The van der Waals surface area contributed by atoms with Crippen LogP contribution in [0.2, 0.25) is 0 Å². The summed E-state index contributed by atoms with van der Waals surface area (Å²) in [5, 5.41) is 10.2. The second kappa shape index (κ2) is 7.25. The van der Waals surface area contributed by atoms with Gasteiger partial charge in [0.1, 0.15) is 5.82 Å². The summed E-state index contributed by atoms with van der Waals surface area (Å²) in [6, 6.07) is 13.6. The lowest BCUT2D eigenvalue weighted by Gasteiger charge is -2.05. The van der Waals surface area contributed by atoms with E-state index in [-0.39, 0.29) is 11.6 Å². The van der Waals surface area contributed by atoms with Crippen LogP contribution in [0.15, 0.2) is 52.9 Å². The first-order chi connectivity index (χ1) is 12.0. The van der Waals surface area contributed by atoms with Crippen molar-refractivity contribution >= 4 is 11.9 Å². The summed E-state index contributed by atoms with van der Waals surface area (Å²) in [6.45, 7) is 4.28. The van der Waals surface area contributed by atoms with Crippen LogP contribution >= 0.6 is 0 Å². The molecule has 3 aromatic rings. The van der Waals surface area contributed by atoms with Crippen LogP contribution in [0.25, 0.3) is 0 Å². The Morgan fingerprint density at radius 2 is 1.92 bits per heavy atom. The van der Waals surface area contributed by atoms with E-state index in [0.717, 1.165) is 11.6 Å². The Balaban J connectivity index is 1.65. The van der Waals surface area contributed by atoms with E-state index in [1.807, 2.05) is 12.1 Å². The summed E-state index contributed by atoms with van der Waals surface area (Å²) in [7, 11) is 0. The molecule has 0 saturated carbocycles. The second-order valence-electron chi connectivity index (χ2n) is 6.04. The number of rotatable bonds is 5. The van der Waals surface area contributed by atoms with Crippen molar-refractivity contribution < 1.29 is 13.6 Å². The van der Waals surface area contributed by atoms with Crippen LogP contribution in [-0.2, 0) is 6.42 Å². The fourth-order valence-electron chi connectivity index (χ4n) is 2.37. The average molecular weight is 339 g/mol. The molecule has 1 heterocycles. The van der Waals surface area contributed by atoms with Crippen molar-refractivity contribution in [2.24, 2.45) is 0 Å². The number of halogens is 1. The van der Waals surface area contributed by atoms with Gasteiger partial charge in [0.05, 0.1) is 6.42 Å². The molecule has 0 radical (unpaired) electrons. The second-order valence-corrected chi connectivity index (χ2v) is 6.04. The van der Waals surface area contributed by atoms with E-state index in [0.29, 0.717) is 18.2 Å². The molecule has 0 aliphatic heterocycles. The van der Waals surface area contributed by atoms with Crippen LogP contribution in [0.4, 0.5) is 10.4 Å². The molecule has 0 fully saturated rings. The Labute approximate surface area is 144 Å². The van der Waals surface area contributed by atoms with Gasteiger partial charge < -0.3 is 4.42 Å². The van der Waals surface area contributed by atoms with Crippen LogP contribution in [0.3, 0.4) is 0 Å². The number of aromatic nitrogens is 2. The lowest BCUT2D eigenvalue weighted by atomic mass is 10.0. The zero-order valence-electron chi connectivity index (χ0n) is 14.0. The van der Waals surface area contributed by atoms with Gasteiger partial charge in [0, 0.05) is 5.56 Å². The summed E-state index contributed by atoms with van der Waals surface area (Å²) in [5.74, 6) is -0.117. The number of anilines is 1. The van der Waals surface area contributed by atoms with Gasteiger partial charge in [-0.25, -0.2) is 4.39 Å². The number of carbonyl (C=O) groups excluding carboxylic acids is 1. The van der Waals surface area contributed by atoms with Gasteiger partial charge in [-0.2, -0.15) is 0 Å². The van der Waals surface area contributed by atoms with E-state index in [1.54, 1.807) is 0 Å². The number of hydrogen-bond acceptors (Lipinski definition) is 4. The fourth-order valence-corrected chi connectivity index (χ4v) is 2.37. The normalized spacial score (nSPS) is 10.9. The Bertz CT molecular complexity index is 872. The molecule has 128 valence electrons. The summed E-state index contributed by atoms with van der Waals surface area (Å²) in [6.07, 6.45) is 0.473. The first-order valence-electron chi connectivity index (χ1n) is 7.99. The third-order valence-corrected chi connectivity index (χ3v) is 3.78. The number of carbonyl (C=O) groups is 1. The predicted molar refractivity (Wildman–Crippen MR) is 92.0 cm³/mol. The van der Waals surface area contributed by atoms with Crippen molar-refractivity contribution in [3.05, 3.63) is 76.9 Å². The van der Waals surface area contributed by atoms with E-state index >= 15 is 0 Å². The van der Waals surface area contributed by atoms with Crippen molar-refractivity contribution in [2.45, 2.75) is 26.2 Å². The van der Waals surface area contributed by atoms with Crippen LogP contribution < -0.4 is 5.32 Å². The molecule has 0 aliphatic rings. The predicted octanol–water partition coefficient (Wildman–Crippen LogP) is 4.18. The molecule has 6 heteroatoms. The maximum atomic E-state index is 13.2. The Hall–Kier alpha value is -3.02. The molecule has 25 heavy (non-hydrogen) atoms. The van der Waals surface area contributed by atoms with Gasteiger partial charge in [-0.05, 0) is 35.2 Å². The quantitative estimate of drug-likeness (QED) is 0.757. The average Bonchev–Trinajstić information content (AvgIpc) is 3.02. The van der Waals surface area contributed by atoms with E-state index in [9.17, 15) is 9.18 Å². The highest BCUT2D eigenvalue weighted by Crippen LogP contribution is 2.17. The van der Waals surface area contributed by atoms with Crippen molar-refractivity contribution in [3.63, 3.8) is 0 Å². The smallest absolute Gasteiger partial charge is 0.322 e. The van der Waals surface area contributed by atoms with Gasteiger partial charge in [0.25, 0.3) is 5.91 Å². The number of nitrogens with zero attached hydrogens (tertiary/aromatic N) is 2. The molecular formula is C19H18FN3O2. The molecular weight excluding hydrogens is 321 g/mol. The maximum Gasteiger partial charge on any atom is 0.322 e. The molecule has 1 aromatic heterocycles. The zero-order valence-corrected chi connectivity index (χ0v) is 14.0. The number of hydrogen-bond donors (Lipinski definition) is 1. The number of nitrogens with one attached hydrogen (secondary N) is 1. The summed E-state index contributed by atoms with van der Waals surface area (Å²) in [4.78, 5) is 12.0. The maximum absolute atomic E-state index is 13.2. The first kappa shape index (κ1) is 16.8. The van der Waals surface area contributed by atoms with Gasteiger partial charge in [-0.1, -0.05) is 49.3 Å². The minimum absolute atomic E-state index is 0.0111. The number of amides is 1. The molecule has 0 atom stereocenters.